The standard InChI is InChI=1S/C11H12Br2FNO/c1-7(12)6-15(2)11(16)9-4-3-8(13)5-10(9)14/h3-5,7H,6H2,1-2H3. The first-order chi connectivity index (χ1) is 7.41. The molecule has 1 unspecified atom stereocenters. The summed E-state index contributed by atoms with van der Waals surface area (Å²) in [5.74, 6) is -0.815. The van der Waals surface area contributed by atoms with Gasteiger partial charge in [-0.1, -0.05) is 38.8 Å². The summed E-state index contributed by atoms with van der Waals surface area (Å²) in [7, 11) is 1.65. The number of carbonyl (C=O) groups is 1. The number of carbonyl (C=O) groups excluding carboxylic acids is 1. The molecule has 5 heteroatoms. The van der Waals surface area contributed by atoms with Crippen LogP contribution in [0.2, 0.25) is 0 Å². The van der Waals surface area contributed by atoms with Gasteiger partial charge in [0.15, 0.2) is 0 Å². The summed E-state index contributed by atoms with van der Waals surface area (Å²) >= 11 is 6.50. The third-order valence-electron chi connectivity index (χ3n) is 2.03. The van der Waals surface area contributed by atoms with Gasteiger partial charge >= 0.3 is 0 Å². The maximum absolute atomic E-state index is 13.5. The van der Waals surface area contributed by atoms with E-state index in [0.29, 0.717) is 11.0 Å². The number of benzene rings is 1. The molecule has 0 saturated heterocycles. The van der Waals surface area contributed by atoms with E-state index in [1.54, 1.807) is 13.1 Å². The van der Waals surface area contributed by atoms with Gasteiger partial charge in [-0.2, -0.15) is 0 Å². The zero-order valence-corrected chi connectivity index (χ0v) is 12.2. The molecule has 0 spiro atoms. The molecule has 0 radical (unpaired) electrons. The Morgan fingerprint density at radius 1 is 1.56 bits per heavy atom. The number of alkyl halides is 1. The van der Waals surface area contributed by atoms with Crippen LogP contribution in [0.25, 0.3) is 0 Å². The van der Waals surface area contributed by atoms with Crippen molar-refractivity contribution in [2.75, 3.05) is 13.6 Å². The van der Waals surface area contributed by atoms with Crippen molar-refractivity contribution in [3.8, 4) is 0 Å². The molecule has 0 saturated carbocycles. The number of nitrogens with zero attached hydrogens (tertiary/aromatic N) is 1. The summed E-state index contributed by atoms with van der Waals surface area (Å²) in [6.07, 6.45) is 0. The van der Waals surface area contributed by atoms with Gasteiger partial charge in [0.1, 0.15) is 5.82 Å². The van der Waals surface area contributed by atoms with Crippen molar-refractivity contribution in [3.05, 3.63) is 34.1 Å². The van der Waals surface area contributed by atoms with Crippen LogP contribution in [0.5, 0.6) is 0 Å². The van der Waals surface area contributed by atoms with Crippen LogP contribution in [0.3, 0.4) is 0 Å². The molecule has 0 aromatic heterocycles. The highest BCUT2D eigenvalue weighted by Gasteiger charge is 2.17. The lowest BCUT2D eigenvalue weighted by atomic mass is 10.2. The van der Waals surface area contributed by atoms with E-state index in [4.69, 9.17) is 0 Å². The lowest BCUT2D eigenvalue weighted by Gasteiger charge is -2.18. The Morgan fingerprint density at radius 2 is 2.19 bits per heavy atom. The van der Waals surface area contributed by atoms with Crippen molar-refractivity contribution in [2.24, 2.45) is 0 Å². The van der Waals surface area contributed by atoms with E-state index >= 15 is 0 Å². The Hall–Kier alpha value is -0.420. The third kappa shape index (κ3) is 3.56. The summed E-state index contributed by atoms with van der Waals surface area (Å²) in [5, 5.41) is 0. The van der Waals surface area contributed by atoms with Crippen LogP contribution >= 0.6 is 31.9 Å². The molecule has 16 heavy (non-hydrogen) atoms. The normalized spacial score (nSPS) is 12.3. The minimum absolute atomic E-state index is 0.0962. The molecule has 88 valence electrons. The predicted molar refractivity (Wildman–Crippen MR) is 69.4 cm³/mol. The van der Waals surface area contributed by atoms with Crippen molar-refractivity contribution in [1.82, 2.24) is 4.90 Å². The molecule has 1 aromatic rings. The fraction of sp³-hybridized carbons (Fsp3) is 0.364. The van der Waals surface area contributed by atoms with Crippen LogP contribution in [0, 0.1) is 5.82 Å². The van der Waals surface area contributed by atoms with E-state index in [2.05, 4.69) is 31.9 Å². The first-order valence-electron chi connectivity index (χ1n) is 4.76. The highest BCUT2D eigenvalue weighted by atomic mass is 79.9. The molecule has 0 aliphatic heterocycles. The first kappa shape index (κ1) is 13.6. The van der Waals surface area contributed by atoms with Crippen molar-refractivity contribution < 1.29 is 9.18 Å². The summed E-state index contributed by atoms with van der Waals surface area (Å²) in [6, 6.07) is 4.43. The quantitative estimate of drug-likeness (QED) is 0.763. The first-order valence-corrected chi connectivity index (χ1v) is 6.47. The average Bonchev–Trinajstić information content (AvgIpc) is 2.15. The van der Waals surface area contributed by atoms with Crippen LogP contribution in [0.1, 0.15) is 17.3 Å². The molecule has 2 nitrogen and oxygen atoms in total. The number of hydrogen-bond donors (Lipinski definition) is 0. The largest absolute Gasteiger partial charge is 0.341 e. The van der Waals surface area contributed by atoms with Crippen molar-refractivity contribution in [2.45, 2.75) is 11.8 Å². The van der Waals surface area contributed by atoms with Gasteiger partial charge in [0.05, 0.1) is 5.56 Å². The Bertz CT molecular complexity index is 396. The Balaban J connectivity index is 2.88. The van der Waals surface area contributed by atoms with Gasteiger partial charge in [0, 0.05) is 22.9 Å². The fourth-order valence-corrected chi connectivity index (χ4v) is 2.10. The topological polar surface area (TPSA) is 20.3 Å². The summed E-state index contributed by atoms with van der Waals surface area (Å²) in [4.78, 5) is 13.5. The summed E-state index contributed by atoms with van der Waals surface area (Å²) in [5.41, 5.74) is 0.0962. The molecule has 0 aliphatic carbocycles. The number of halogens is 3. The maximum atomic E-state index is 13.5. The minimum atomic E-state index is -0.506. The minimum Gasteiger partial charge on any atom is -0.341 e. The second-order valence-corrected chi connectivity index (χ2v) is 6.07. The fourth-order valence-electron chi connectivity index (χ4n) is 1.33. The second-order valence-electron chi connectivity index (χ2n) is 3.59. The highest BCUT2D eigenvalue weighted by Crippen LogP contribution is 2.17. The molecule has 0 aliphatic rings. The van der Waals surface area contributed by atoms with E-state index in [9.17, 15) is 9.18 Å². The Morgan fingerprint density at radius 3 is 2.69 bits per heavy atom. The Kier molecular flexibility index (Phi) is 4.92. The van der Waals surface area contributed by atoms with Gasteiger partial charge in [0.25, 0.3) is 5.91 Å². The van der Waals surface area contributed by atoms with E-state index in [0.717, 1.165) is 0 Å². The van der Waals surface area contributed by atoms with Crippen molar-refractivity contribution in [3.63, 3.8) is 0 Å². The monoisotopic (exact) mass is 351 g/mol. The molecule has 0 N–H and O–H groups in total. The molecule has 0 fully saturated rings. The number of rotatable bonds is 3. The number of amides is 1. The van der Waals surface area contributed by atoms with Crippen LogP contribution in [0.15, 0.2) is 22.7 Å². The van der Waals surface area contributed by atoms with Gasteiger partial charge in [-0.05, 0) is 18.2 Å². The SMILES string of the molecule is CC(Br)CN(C)C(=O)c1ccc(Br)cc1F. The smallest absolute Gasteiger partial charge is 0.256 e. The van der Waals surface area contributed by atoms with Crippen molar-refractivity contribution >= 4 is 37.8 Å². The lowest BCUT2D eigenvalue weighted by Crippen LogP contribution is -2.31. The van der Waals surface area contributed by atoms with Crippen LogP contribution in [0.4, 0.5) is 4.39 Å². The molecule has 1 rings (SSSR count). The molecule has 0 heterocycles. The molecular weight excluding hydrogens is 341 g/mol. The van der Waals surface area contributed by atoms with E-state index in [-0.39, 0.29) is 16.3 Å². The molecule has 1 aromatic carbocycles. The van der Waals surface area contributed by atoms with E-state index in [1.807, 2.05) is 6.92 Å². The maximum Gasteiger partial charge on any atom is 0.256 e. The summed E-state index contributed by atoms with van der Waals surface area (Å²) < 4.78 is 14.1. The van der Waals surface area contributed by atoms with Gasteiger partial charge in [-0.3, -0.25) is 4.79 Å². The zero-order chi connectivity index (χ0) is 12.3. The molecule has 1 amide bonds. The van der Waals surface area contributed by atoms with Gasteiger partial charge in [-0.25, -0.2) is 4.39 Å². The molecular formula is C11H12Br2FNO. The second kappa shape index (κ2) is 5.77. The zero-order valence-electron chi connectivity index (χ0n) is 9.01. The van der Waals surface area contributed by atoms with Crippen LogP contribution in [-0.4, -0.2) is 29.2 Å². The Labute approximate surface area is 111 Å². The van der Waals surface area contributed by atoms with Crippen LogP contribution in [-0.2, 0) is 0 Å². The molecule has 1 atom stereocenters. The van der Waals surface area contributed by atoms with E-state index in [1.165, 1.54) is 17.0 Å². The third-order valence-corrected chi connectivity index (χ3v) is 2.82. The van der Waals surface area contributed by atoms with Gasteiger partial charge < -0.3 is 4.90 Å². The van der Waals surface area contributed by atoms with Crippen molar-refractivity contribution in [1.29, 1.82) is 0 Å². The van der Waals surface area contributed by atoms with Gasteiger partial charge in [0.2, 0.25) is 0 Å². The van der Waals surface area contributed by atoms with Crippen LogP contribution < -0.4 is 0 Å². The number of hydrogen-bond acceptors (Lipinski definition) is 1. The summed E-state index contributed by atoms with van der Waals surface area (Å²) in [6.45, 7) is 2.47. The lowest BCUT2D eigenvalue weighted by molar-refractivity contribution is 0.0793. The van der Waals surface area contributed by atoms with E-state index < -0.39 is 5.82 Å². The molecule has 0 bridgehead atoms. The predicted octanol–water partition coefficient (Wildman–Crippen LogP) is 3.44. The highest BCUT2D eigenvalue weighted by molar-refractivity contribution is 9.10. The average molecular weight is 353 g/mol. The van der Waals surface area contributed by atoms with Gasteiger partial charge in [-0.15, -0.1) is 0 Å².